The van der Waals surface area contributed by atoms with Crippen molar-refractivity contribution in [1.82, 2.24) is 0 Å². The van der Waals surface area contributed by atoms with E-state index in [0.29, 0.717) is 22.0 Å². The lowest BCUT2D eigenvalue weighted by atomic mass is 10.1. The number of nitrogens with zero attached hydrogens (tertiary/aromatic N) is 1. The van der Waals surface area contributed by atoms with Gasteiger partial charge in [-0.2, -0.15) is 0 Å². The van der Waals surface area contributed by atoms with Crippen molar-refractivity contribution in [3.63, 3.8) is 0 Å². The van der Waals surface area contributed by atoms with Gasteiger partial charge in [0.15, 0.2) is 0 Å². The van der Waals surface area contributed by atoms with Crippen molar-refractivity contribution < 1.29 is 9.59 Å². The van der Waals surface area contributed by atoms with E-state index in [-0.39, 0.29) is 18.4 Å². The van der Waals surface area contributed by atoms with Crippen molar-refractivity contribution in [1.29, 1.82) is 0 Å². The highest BCUT2D eigenvalue weighted by molar-refractivity contribution is 14.1. The Hall–Kier alpha value is -1.60. The summed E-state index contributed by atoms with van der Waals surface area (Å²) < 4.78 is 0.758. The fourth-order valence-electron chi connectivity index (χ4n) is 2.22. The standard InChI is InChI=1S/C15H10ClIN2O2/c16-9-5-6-10(11(17)7-9)15(21)19-8-14(20)18-12-3-1-2-4-13(12)19/h1-7H,8H2,(H,18,20). The number of para-hydroxylation sites is 2. The highest BCUT2D eigenvalue weighted by Gasteiger charge is 2.28. The Bertz CT molecular complexity index is 748. The van der Waals surface area contributed by atoms with Crippen LogP contribution in [-0.2, 0) is 4.79 Å². The molecule has 0 radical (unpaired) electrons. The molecule has 2 aromatic carbocycles. The lowest BCUT2D eigenvalue weighted by Crippen LogP contribution is -2.42. The van der Waals surface area contributed by atoms with Crippen LogP contribution in [0.1, 0.15) is 10.4 Å². The summed E-state index contributed by atoms with van der Waals surface area (Å²) in [6.07, 6.45) is 0. The zero-order chi connectivity index (χ0) is 15.0. The van der Waals surface area contributed by atoms with E-state index in [1.54, 1.807) is 24.3 Å². The molecule has 0 saturated carbocycles. The topological polar surface area (TPSA) is 49.4 Å². The Morgan fingerprint density at radius 1 is 1.24 bits per heavy atom. The summed E-state index contributed by atoms with van der Waals surface area (Å²) in [7, 11) is 0. The quantitative estimate of drug-likeness (QED) is 0.729. The first kappa shape index (κ1) is 14.3. The molecule has 1 aliphatic rings. The van der Waals surface area contributed by atoms with Crippen LogP contribution in [0.25, 0.3) is 0 Å². The number of amides is 2. The molecule has 0 spiro atoms. The van der Waals surface area contributed by atoms with E-state index in [2.05, 4.69) is 27.9 Å². The number of hydrogen-bond donors (Lipinski definition) is 1. The lowest BCUT2D eigenvalue weighted by molar-refractivity contribution is -0.115. The van der Waals surface area contributed by atoms with Gasteiger partial charge < -0.3 is 5.32 Å². The molecular weight excluding hydrogens is 403 g/mol. The number of carbonyl (C=O) groups excluding carboxylic acids is 2. The third-order valence-electron chi connectivity index (χ3n) is 3.18. The Balaban J connectivity index is 2.04. The highest BCUT2D eigenvalue weighted by atomic mass is 127. The van der Waals surface area contributed by atoms with Gasteiger partial charge in [-0.1, -0.05) is 23.7 Å². The Morgan fingerprint density at radius 2 is 2.00 bits per heavy atom. The summed E-state index contributed by atoms with van der Waals surface area (Å²) in [5.41, 5.74) is 1.88. The minimum absolute atomic E-state index is 0.00849. The van der Waals surface area contributed by atoms with E-state index in [4.69, 9.17) is 11.6 Å². The van der Waals surface area contributed by atoms with Crippen molar-refractivity contribution in [2.75, 3.05) is 16.8 Å². The molecule has 2 aromatic rings. The second-order valence-corrected chi connectivity index (χ2v) is 6.18. The molecule has 3 rings (SSSR count). The number of halogens is 2. The number of benzene rings is 2. The molecule has 0 fully saturated rings. The first-order chi connectivity index (χ1) is 10.1. The summed E-state index contributed by atoms with van der Waals surface area (Å²) in [6, 6.07) is 12.3. The van der Waals surface area contributed by atoms with Gasteiger partial charge in [0.2, 0.25) is 5.91 Å². The summed E-state index contributed by atoms with van der Waals surface area (Å²) in [4.78, 5) is 26.0. The summed E-state index contributed by atoms with van der Waals surface area (Å²) in [5, 5.41) is 3.34. The molecule has 0 unspecified atom stereocenters. The second kappa shape index (κ2) is 5.65. The van der Waals surface area contributed by atoms with Crippen molar-refractivity contribution in [3.8, 4) is 0 Å². The third-order valence-corrected chi connectivity index (χ3v) is 4.30. The van der Waals surface area contributed by atoms with Gasteiger partial charge in [0.25, 0.3) is 5.91 Å². The van der Waals surface area contributed by atoms with Gasteiger partial charge in [0, 0.05) is 8.59 Å². The van der Waals surface area contributed by atoms with E-state index in [1.165, 1.54) is 4.90 Å². The maximum Gasteiger partial charge on any atom is 0.259 e. The summed E-state index contributed by atoms with van der Waals surface area (Å²) in [5.74, 6) is -0.413. The molecule has 2 amide bonds. The molecule has 106 valence electrons. The molecule has 1 heterocycles. The fraction of sp³-hybridized carbons (Fsp3) is 0.0667. The van der Waals surface area contributed by atoms with Gasteiger partial charge in [0.05, 0.1) is 16.9 Å². The maximum atomic E-state index is 12.7. The molecule has 0 saturated heterocycles. The highest BCUT2D eigenvalue weighted by Crippen LogP contribution is 2.31. The molecule has 4 nitrogen and oxygen atoms in total. The van der Waals surface area contributed by atoms with Crippen LogP contribution in [-0.4, -0.2) is 18.4 Å². The zero-order valence-electron chi connectivity index (χ0n) is 10.8. The largest absolute Gasteiger partial charge is 0.323 e. The van der Waals surface area contributed by atoms with Crippen LogP contribution >= 0.6 is 34.2 Å². The van der Waals surface area contributed by atoms with Crippen LogP contribution in [0.2, 0.25) is 5.02 Å². The number of anilines is 2. The van der Waals surface area contributed by atoms with Crippen LogP contribution < -0.4 is 10.2 Å². The van der Waals surface area contributed by atoms with Crippen LogP contribution in [0.5, 0.6) is 0 Å². The van der Waals surface area contributed by atoms with Crippen LogP contribution in [0.4, 0.5) is 11.4 Å². The molecule has 6 heteroatoms. The number of fused-ring (bicyclic) bond motifs is 1. The average Bonchev–Trinajstić information content (AvgIpc) is 2.45. The van der Waals surface area contributed by atoms with E-state index in [0.717, 1.165) is 3.57 Å². The smallest absolute Gasteiger partial charge is 0.259 e. The second-order valence-electron chi connectivity index (χ2n) is 4.58. The zero-order valence-corrected chi connectivity index (χ0v) is 13.7. The van der Waals surface area contributed by atoms with E-state index < -0.39 is 0 Å². The van der Waals surface area contributed by atoms with Gasteiger partial charge in [-0.25, -0.2) is 0 Å². The SMILES string of the molecule is O=C1CN(C(=O)c2ccc(Cl)cc2I)c2ccccc2N1. The minimum Gasteiger partial charge on any atom is -0.323 e. The molecule has 0 bridgehead atoms. The van der Waals surface area contributed by atoms with E-state index >= 15 is 0 Å². The van der Waals surface area contributed by atoms with Gasteiger partial charge >= 0.3 is 0 Å². The monoisotopic (exact) mass is 412 g/mol. The number of rotatable bonds is 1. The van der Waals surface area contributed by atoms with Gasteiger partial charge in [-0.3, -0.25) is 14.5 Å². The number of hydrogen-bond acceptors (Lipinski definition) is 2. The van der Waals surface area contributed by atoms with E-state index in [9.17, 15) is 9.59 Å². The number of carbonyl (C=O) groups is 2. The molecule has 0 aliphatic carbocycles. The maximum absolute atomic E-state index is 12.7. The van der Waals surface area contributed by atoms with Gasteiger partial charge in [-0.05, 0) is 52.9 Å². The molecule has 1 N–H and O–H groups in total. The Morgan fingerprint density at radius 3 is 2.76 bits per heavy atom. The van der Waals surface area contributed by atoms with Crippen LogP contribution in [0.3, 0.4) is 0 Å². The van der Waals surface area contributed by atoms with Crippen LogP contribution in [0, 0.1) is 3.57 Å². The Labute approximate surface area is 140 Å². The lowest BCUT2D eigenvalue weighted by Gasteiger charge is -2.29. The number of nitrogens with one attached hydrogen (secondary N) is 1. The fourth-order valence-corrected chi connectivity index (χ4v) is 3.32. The van der Waals surface area contributed by atoms with Crippen molar-refractivity contribution >= 4 is 57.4 Å². The molecule has 1 aliphatic heterocycles. The van der Waals surface area contributed by atoms with E-state index in [1.807, 2.05) is 18.2 Å². The Kier molecular flexibility index (Phi) is 3.86. The predicted octanol–water partition coefficient (Wildman–Crippen LogP) is 3.54. The van der Waals surface area contributed by atoms with Gasteiger partial charge in [-0.15, -0.1) is 0 Å². The predicted molar refractivity (Wildman–Crippen MR) is 90.9 cm³/mol. The molecule has 0 aromatic heterocycles. The molecule has 21 heavy (non-hydrogen) atoms. The van der Waals surface area contributed by atoms with Crippen molar-refractivity contribution in [2.45, 2.75) is 0 Å². The van der Waals surface area contributed by atoms with Crippen molar-refractivity contribution in [3.05, 3.63) is 56.6 Å². The first-order valence-corrected chi connectivity index (χ1v) is 7.68. The molecular formula is C15H10ClIN2O2. The molecule has 0 atom stereocenters. The van der Waals surface area contributed by atoms with Gasteiger partial charge in [0.1, 0.15) is 6.54 Å². The summed E-state index contributed by atoms with van der Waals surface area (Å²) >= 11 is 7.99. The third kappa shape index (κ3) is 2.75. The first-order valence-electron chi connectivity index (χ1n) is 6.22. The summed E-state index contributed by atoms with van der Waals surface area (Å²) in [6.45, 7) is 0.00849. The minimum atomic E-state index is -0.210. The van der Waals surface area contributed by atoms with Crippen molar-refractivity contribution in [2.24, 2.45) is 0 Å². The van der Waals surface area contributed by atoms with Crippen LogP contribution in [0.15, 0.2) is 42.5 Å². The average molecular weight is 413 g/mol. The normalized spacial score (nSPS) is 13.6.